The summed E-state index contributed by atoms with van der Waals surface area (Å²) < 4.78 is 0. The predicted molar refractivity (Wildman–Crippen MR) is 79.0 cm³/mol. The Hall–Kier alpha value is -0.530. The van der Waals surface area contributed by atoms with Crippen molar-refractivity contribution in [3.8, 4) is 0 Å². The normalized spacial score (nSPS) is 21.8. The van der Waals surface area contributed by atoms with E-state index in [4.69, 9.17) is 11.6 Å². The molecule has 0 aliphatic heterocycles. The van der Waals surface area contributed by atoms with Gasteiger partial charge >= 0.3 is 0 Å². The van der Waals surface area contributed by atoms with Gasteiger partial charge in [-0.15, -0.1) is 0 Å². The minimum atomic E-state index is 0.444. The summed E-state index contributed by atoms with van der Waals surface area (Å²) in [4.78, 5) is 0. The number of hydrogen-bond donors (Lipinski definition) is 1. The average Bonchev–Trinajstić information content (AvgIpc) is 2.32. The van der Waals surface area contributed by atoms with Gasteiger partial charge in [-0.05, 0) is 61.8 Å². The smallest absolute Gasteiger partial charge is 0.0409 e. The van der Waals surface area contributed by atoms with Crippen molar-refractivity contribution in [2.45, 2.75) is 45.6 Å². The molecule has 0 spiro atoms. The Labute approximate surface area is 116 Å². The van der Waals surface area contributed by atoms with E-state index in [2.05, 4.69) is 44.4 Å². The topological polar surface area (TPSA) is 12.0 Å². The van der Waals surface area contributed by atoms with E-state index in [1.807, 2.05) is 6.07 Å². The lowest BCUT2D eigenvalue weighted by Gasteiger charge is -2.38. The van der Waals surface area contributed by atoms with E-state index in [9.17, 15) is 0 Å². The first-order valence-corrected chi connectivity index (χ1v) is 7.32. The van der Waals surface area contributed by atoms with Crippen LogP contribution in [-0.2, 0) is 0 Å². The Morgan fingerprint density at radius 1 is 1.28 bits per heavy atom. The highest BCUT2D eigenvalue weighted by Gasteiger charge is 2.31. The Morgan fingerprint density at radius 3 is 2.50 bits per heavy atom. The summed E-state index contributed by atoms with van der Waals surface area (Å²) in [6.45, 7) is 4.77. The van der Waals surface area contributed by atoms with Crippen LogP contribution in [0.2, 0.25) is 5.02 Å². The maximum atomic E-state index is 6.10. The average molecular weight is 266 g/mol. The monoisotopic (exact) mass is 265 g/mol. The molecule has 2 heteroatoms. The Bertz CT molecular complexity index is 390. The summed E-state index contributed by atoms with van der Waals surface area (Å²) in [5.74, 6) is 0.737. The van der Waals surface area contributed by atoms with Gasteiger partial charge in [-0.2, -0.15) is 0 Å². The van der Waals surface area contributed by atoms with Gasteiger partial charge in [-0.1, -0.05) is 37.6 Å². The second kappa shape index (κ2) is 5.63. The van der Waals surface area contributed by atoms with Crippen molar-refractivity contribution in [2.24, 2.45) is 11.3 Å². The molecule has 0 aromatic heterocycles. The first-order chi connectivity index (χ1) is 8.52. The molecule has 18 heavy (non-hydrogen) atoms. The van der Waals surface area contributed by atoms with Gasteiger partial charge in [-0.3, -0.25) is 0 Å². The molecular weight excluding hydrogens is 242 g/mol. The number of nitrogens with one attached hydrogen (secondary N) is 1. The summed E-state index contributed by atoms with van der Waals surface area (Å²) >= 11 is 6.10. The van der Waals surface area contributed by atoms with Gasteiger partial charge in [0.15, 0.2) is 0 Å². The van der Waals surface area contributed by atoms with E-state index in [1.54, 1.807) is 0 Å². The minimum Gasteiger partial charge on any atom is -0.313 e. The van der Waals surface area contributed by atoms with Crippen LogP contribution >= 0.6 is 11.6 Å². The van der Waals surface area contributed by atoms with Crippen LogP contribution in [0.3, 0.4) is 0 Å². The minimum absolute atomic E-state index is 0.444. The molecule has 1 fully saturated rings. The first-order valence-electron chi connectivity index (χ1n) is 6.94. The van der Waals surface area contributed by atoms with Crippen molar-refractivity contribution in [3.63, 3.8) is 0 Å². The van der Waals surface area contributed by atoms with Crippen LogP contribution in [0.15, 0.2) is 24.3 Å². The molecule has 2 rings (SSSR count). The Balaban J connectivity index is 2.10. The third-order valence-corrected chi connectivity index (χ3v) is 4.61. The standard InChI is InChI=1S/C16H24ClN/c1-16(2)9-7-12(8-10-16)15(18-3)13-5-4-6-14(17)11-13/h4-6,11-12,15,18H,7-10H2,1-3H3. The van der Waals surface area contributed by atoms with Gasteiger partial charge in [0.25, 0.3) is 0 Å². The van der Waals surface area contributed by atoms with Crippen LogP contribution in [0, 0.1) is 11.3 Å². The van der Waals surface area contributed by atoms with E-state index in [0.29, 0.717) is 11.5 Å². The van der Waals surface area contributed by atoms with E-state index >= 15 is 0 Å². The van der Waals surface area contributed by atoms with Gasteiger partial charge < -0.3 is 5.32 Å². The lowest BCUT2D eigenvalue weighted by molar-refractivity contribution is 0.164. The molecule has 0 heterocycles. The molecule has 1 aromatic carbocycles. The number of hydrogen-bond acceptors (Lipinski definition) is 1. The maximum Gasteiger partial charge on any atom is 0.0409 e. The Morgan fingerprint density at radius 2 is 1.94 bits per heavy atom. The van der Waals surface area contributed by atoms with E-state index in [-0.39, 0.29) is 0 Å². The zero-order valence-electron chi connectivity index (χ0n) is 11.7. The van der Waals surface area contributed by atoms with Crippen LogP contribution in [0.5, 0.6) is 0 Å². The summed E-state index contributed by atoms with van der Waals surface area (Å²) in [6, 6.07) is 8.73. The lowest BCUT2D eigenvalue weighted by Crippen LogP contribution is -2.31. The van der Waals surface area contributed by atoms with Crippen molar-refractivity contribution in [1.82, 2.24) is 5.32 Å². The van der Waals surface area contributed by atoms with Gasteiger partial charge in [0.05, 0.1) is 0 Å². The van der Waals surface area contributed by atoms with Gasteiger partial charge in [0, 0.05) is 11.1 Å². The SMILES string of the molecule is CNC(c1cccc(Cl)c1)C1CCC(C)(C)CC1. The fourth-order valence-electron chi connectivity index (χ4n) is 3.13. The van der Waals surface area contributed by atoms with Crippen molar-refractivity contribution < 1.29 is 0 Å². The van der Waals surface area contributed by atoms with E-state index in [1.165, 1.54) is 31.2 Å². The third kappa shape index (κ3) is 3.27. The first kappa shape index (κ1) is 13.9. The predicted octanol–water partition coefficient (Wildman–Crippen LogP) is 4.82. The van der Waals surface area contributed by atoms with Crippen molar-refractivity contribution in [3.05, 3.63) is 34.9 Å². The summed E-state index contributed by atoms with van der Waals surface area (Å²) in [5.41, 5.74) is 1.86. The summed E-state index contributed by atoms with van der Waals surface area (Å²) in [7, 11) is 2.06. The molecule has 1 unspecified atom stereocenters. The largest absolute Gasteiger partial charge is 0.313 e. The second-order valence-corrected chi connectivity index (χ2v) is 6.76. The molecule has 1 saturated carbocycles. The molecule has 1 aliphatic carbocycles. The summed E-state index contributed by atoms with van der Waals surface area (Å²) in [5, 5.41) is 4.32. The molecule has 1 nitrogen and oxygen atoms in total. The quantitative estimate of drug-likeness (QED) is 0.826. The van der Waals surface area contributed by atoms with Gasteiger partial charge in [0.1, 0.15) is 0 Å². The van der Waals surface area contributed by atoms with Gasteiger partial charge in [-0.25, -0.2) is 0 Å². The molecule has 100 valence electrons. The third-order valence-electron chi connectivity index (χ3n) is 4.37. The Kier molecular flexibility index (Phi) is 4.34. The zero-order valence-corrected chi connectivity index (χ0v) is 12.4. The molecule has 0 radical (unpaired) electrons. The molecule has 0 amide bonds. The molecule has 1 N–H and O–H groups in total. The van der Waals surface area contributed by atoms with E-state index in [0.717, 1.165) is 10.9 Å². The van der Waals surface area contributed by atoms with Crippen LogP contribution in [0.4, 0.5) is 0 Å². The molecule has 1 atom stereocenters. The number of halogens is 1. The van der Waals surface area contributed by atoms with Crippen LogP contribution in [-0.4, -0.2) is 7.05 Å². The second-order valence-electron chi connectivity index (χ2n) is 6.32. The zero-order chi connectivity index (χ0) is 13.2. The van der Waals surface area contributed by atoms with Crippen molar-refractivity contribution in [1.29, 1.82) is 0 Å². The van der Waals surface area contributed by atoms with Gasteiger partial charge in [0.2, 0.25) is 0 Å². The molecule has 1 aliphatic rings. The summed E-state index contributed by atoms with van der Waals surface area (Å²) in [6.07, 6.45) is 5.28. The molecule has 0 saturated heterocycles. The highest BCUT2D eigenvalue weighted by molar-refractivity contribution is 6.30. The molecule has 0 bridgehead atoms. The number of rotatable bonds is 3. The molecule has 1 aromatic rings. The van der Waals surface area contributed by atoms with Crippen LogP contribution < -0.4 is 5.32 Å². The maximum absolute atomic E-state index is 6.10. The highest BCUT2D eigenvalue weighted by Crippen LogP contribution is 2.42. The fourth-order valence-corrected chi connectivity index (χ4v) is 3.33. The van der Waals surface area contributed by atoms with Crippen LogP contribution in [0.25, 0.3) is 0 Å². The van der Waals surface area contributed by atoms with E-state index < -0.39 is 0 Å². The lowest BCUT2D eigenvalue weighted by atomic mass is 9.70. The number of benzene rings is 1. The van der Waals surface area contributed by atoms with Crippen LogP contribution in [0.1, 0.15) is 51.1 Å². The van der Waals surface area contributed by atoms with Crippen molar-refractivity contribution >= 4 is 11.6 Å². The highest BCUT2D eigenvalue weighted by atomic mass is 35.5. The van der Waals surface area contributed by atoms with Crippen molar-refractivity contribution in [2.75, 3.05) is 7.05 Å². The molecular formula is C16H24ClN. The fraction of sp³-hybridized carbons (Fsp3) is 0.625.